The summed E-state index contributed by atoms with van der Waals surface area (Å²) in [4.78, 5) is 14.0. The van der Waals surface area contributed by atoms with Crippen LogP contribution in [0, 0.1) is 5.92 Å². The van der Waals surface area contributed by atoms with Gasteiger partial charge in [0, 0.05) is 18.0 Å². The third kappa shape index (κ3) is 1.31. The van der Waals surface area contributed by atoms with Crippen molar-refractivity contribution in [1.29, 1.82) is 0 Å². The molecular formula is C11H17NO3. The molecule has 0 radical (unpaired) electrons. The Morgan fingerprint density at radius 3 is 3.07 bits per heavy atom. The second-order valence-corrected chi connectivity index (χ2v) is 4.76. The van der Waals surface area contributed by atoms with Crippen LogP contribution in [0.15, 0.2) is 0 Å². The molecule has 0 saturated carbocycles. The van der Waals surface area contributed by atoms with Crippen LogP contribution >= 0.6 is 0 Å². The summed E-state index contributed by atoms with van der Waals surface area (Å²) in [5.74, 6) is 0.531. The average Bonchev–Trinajstić information content (AvgIpc) is 2.79. The molecular weight excluding hydrogens is 194 g/mol. The normalized spacial score (nSPS) is 45.0. The van der Waals surface area contributed by atoms with Gasteiger partial charge < -0.3 is 9.47 Å². The fourth-order valence-corrected chi connectivity index (χ4v) is 3.21. The van der Waals surface area contributed by atoms with E-state index in [2.05, 4.69) is 11.8 Å². The number of hydrogen-bond acceptors (Lipinski definition) is 4. The maximum Gasteiger partial charge on any atom is 0.323 e. The van der Waals surface area contributed by atoms with Crippen LogP contribution in [0.5, 0.6) is 0 Å². The lowest BCUT2D eigenvalue weighted by atomic mass is 10.0. The third-order valence-corrected chi connectivity index (χ3v) is 4.02. The number of carbonyl (C=O) groups is 1. The van der Waals surface area contributed by atoms with E-state index in [1.165, 1.54) is 0 Å². The van der Waals surface area contributed by atoms with E-state index < -0.39 is 0 Å². The maximum atomic E-state index is 11.7. The minimum atomic E-state index is -0.0194. The first-order valence-electron chi connectivity index (χ1n) is 5.83. The Morgan fingerprint density at radius 2 is 2.27 bits per heavy atom. The number of nitrogens with zero attached hydrogens (tertiary/aromatic N) is 1. The molecule has 3 saturated heterocycles. The van der Waals surface area contributed by atoms with Crippen LogP contribution in [-0.2, 0) is 14.3 Å². The summed E-state index contributed by atoms with van der Waals surface area (Å²) >= 11 is 0. The SMILES string of the molecule is CC[C@H]1COC(=O)[C@@H]2C[C@H]3COC[C@H]3N12. The molecule has 0 aliphatic carbocycles. The summed E-state index contributed by atoms with van der Waals surface area (Å²) in [5, 5.41) is 0. The van der Waals surface area contributed by atoms with Gasteiger partial charge in [-0.05, 0) is 12.8 Å². The van der Waals surface area contributed by atoms with Crippen molar-refractivity contribution in [3.8, 4) is 0 Å². The molecule has 84 valence electrons. The monoisotopic (exact) mass is 211 g/mol. The first kappa shape index (κ1) is 9.60. The van der Waals surface area contributed by atoms with Crippen LogP contribution in [-0.4, -0.2) is 48.8 Å². The molecule has 0 aromatic rings. The Hall–Kier alpha value is -0.610. The zero-order chi connectivity index (χ0) is 10.4. The first-order chi connectivity index (χ1) is 7.31. The van der Waals surface area contributed by atoms with E-state index in [4.69, 9.17) is 9.47 Å². The Bertz CT molecular complexity index is 281. The van der Waals surface area contributed by atoms with Crippen LogP contribution in [0.2, 0.25) is 0 Å². The number of ether oxygens (including phenoxy) is 2. The molecule has 0 aromatic carbocycles. The van der Waals surface area contributed by atoms with E-state index in [0.717, 1.165) is 26.1 Å². The standard InChI is InChI=1S/C11H17NO3/c1-2-8-5-15-11(13)9-3-7-4-14-6-10(7)12(8)9/h7-10H,2-6H2,1H3/t7-,8-,9-,10+/m0/s1. The van der Waals surface area contributed by atoms with Gasteiger partial charge >= 0.3 is 5.97 Å². The number of fused-ring (bicyclic) bond motifs is 3. The molecule has 3 rings (SSSR count). The van der Waals surface area contributed by atoms with Gasteiger partial charge in [0.05, 0.1) is 13.2 Å². The van der Waals surface area contributed by atoms with Gasteiger partial charge in [0.15, 0.2) is 0 Å². The van der Waals surface area contributed by atoms with Crippen molar-refractivity contribution < 1.29 is 14.3 Å². The summed E-state index contributed by atoms with van der Waals surface area (Å²) in [6, 6.07) is 0.889. The summed E-state index contributed by atoms with van der Waals surface area (Å²) in [7, 11) is 0. The number of esters is 1. The number of cyclic esters (lactones) is 1. The van der Waals surface area contributed by atoms with E-state index in [1.807, 2.05) is 0 Å². The van der Waals surface area contributed by atoms with Crippen LogP contribution in [0.1, 0.15) is 19.8 Å². The van der Waals surface area contributed by atoms with Crippen molar-refractivity contribution in [2.75, 3.05) is 19.8 Å². The van der Waals surface area contributed by atoms with E-state index in [1.54, 1.807) is 0 Å². The van der Waals surface area contributed by atoms with Gasteiger partial charge in [0.2, 0.25) is 0 Å². The fourth-order valence-electron chi connectivity index (χ4n) is 3.21. The number of carbonyl (C=O) groups excluding carboxylic acids is 1. The van der Waals surface area contributed by atoms with E-state index in [9.17, 15) is 4.79 Å². The predicted octanol–water partition coefficient (Wildman–Crippen LogP) is 0.411. The van der Waals surface area contributed by atoms with Crippen molar-refractivity contribution in [2.45, 2.75) is 37.9 Å². The van der Waals surface area contributed by atoms with Gasteiger partial charge in [0.25, 0.3) is 0 Å². The van der Waals surface area contributed by atoms with Gasteiger partial charge in [-0.1, -0.05) is 6.92 Å². The second kappa shape index (κ2) is 3.46. The zero-order valence-electron chi connectivity index (χ0n) is 9.02. The number of morpholine rings is 1. The molecule has 4 heteroatoms. The van der Waals surface area contributed by atoms with Crippen LogP contribution < -0.4 is 0 Å². The highest BCUT2D eigenvalue weighted by atomic mass is 16.5. The van der Waals surface area contributed by atoms with Crippen molar-refractivity contribution in [2.24, 2.45) is 5.92 Å². The van der Waals surface area contributed by atoms with Crippen LogP contribution in [0.25, 0.3) is 0 Å². The highest BCUT2D eigenvalue weighted by molar-refractivity contribution is 5.77. The number of rotatable bonds is 1. The van der Waals surface area contributed by atoms with Crippen LogP contribution in [0.3, 0.4) is 0 Å². The van der Waals surface area contributed by atoms with Crippen molar-refractivity contribution >= 4 is 5.97 Å². The summed E-state index contributed by atoms with van der Waals surface area (Å²) in [6.07, 6.45) is 1.98. The van der Waals surface area contributed by atoms with Crippen LogP contribution in [0.4, 0.5) is 0 Å². The molecule has 3 aliphatic heterocycles. The lowest BCUT2D eigenvalue weighted by Crippen LogP contribution is -2.55. The summed E-state index contributed by atoms with van der Waals surface area (Å²) in [6.45, 7) is 4.34. The molecule has 3 fully saturated rings. The Morgan fingerprint density at radius 1 is 1.40 bits per heavy atom. The van der Waals surface area contributed by atoms with Gasteiger partial charge in [-0.25, -0.2) is 0 Å². The minimum absolute atomic E-state index is 0.0163. The average molecular weight is 211 g/mol. The van der Waals surface area contributed by atoms with Gasteiger partial charge in [-0.15, -0.1) is 0 Å². The Kier molecular flexibility index (Phi) is 2.21. The highest BCUT2D eigenvalue weighted by Gasteiger charge is 2.52. The molecule has 0 spiro atoms. The summed E-state index contributed by atoms with van der Waals surface area (Å²) in [5.41, 5.74) is 0. The quantitative estimate of drug-likeness (QED) is 0.589. The second-order valence-electron chi connectivity index (χ2n) is 4.76. The van der Waals surface area contributed by atoms with Gasteiger partial charge in [0.1, 0.15) is 12.6 Å². The molecule has 0 N–H and O–H groups in total. The highest BCUT2D eigenvalue weighted by Crippen LogP contribution is 2.38. The van der Waals surface area contributed by atoms with Crippen molar-refractivity contribution in [1.82, 2.24) is 4.90 Å². The third-order valence-electron chi connectivity index (χ3n) is 4.02. The molecule has 15 heavy (non-hydrogen) atoms. The molecule has 0 unspecified atom stereocenters. The molecule has 3 aliphatic rings. The minimum Gasteiger partial charge on any atom is -0.463 e. The molecule has 0 aromatic heterocycles. The smallest absolute Gasteiger partial charge is 0.323 e. The molecule has 0 amide bonds. The molecule has 3 heterocycles. The molecule has 0 bridgehead atoms. The zero-order valence-corrected chi connectivity index (χ0v) is 9.02. The molecule has 4 nitrogen and oxygen atoms in total. The van der Waals surface area contributed by atoms with E-state index in [0.29, 0.717) is 24.6 Å². The fraction of sp³-hybridized carbons (Fsp3) is 0.909. The number of hydrogen-bond donors (Lipinski definition) is 0. The summed E-state index contributed by atoms with van der Waals surface area (Å²) < 4.78 is 10.7. The largest absolute Gasteiger partial charge is 0.463 e. The Balaban J connectivity index is 1.87. The first-order valence-corrected chi connectivity index (χ1v) is 5.83. The maximum absolute atomic E-state index is 11.7. The van der Waals surface area contributed by atoms with E-state index in [-0.39, 0.29) is 12.0 Å². The lowest BCUT2D eigenvalue weighted by molar-refractivity contribution is -0.162. The van der Waals surface area contributed by atoms with Crippen molar-refractivity contribution in [3.05, 3.63) is 0 Å². The Labute approximate surface area is 89.5 Å². The van der Waals surface area contributed by atoms with E-state index >= 15 is 0 Å². The van der Waals surface area contributed by atoms with Gasteiger partial charge in [-0.3, -0.25) is 9.69 Å². The topological polar surface area (TPSA) is 38.8 Å². The van der Waals surface area contributed by atoms with Crippen molar-refractivity contribution in [3.63, 3.8) is 0 Å². The lowest BCUT2D eigenvalue weighted by Gasteiger charge is -2.38. The van der Waals surface area contributed by atoms with Gasteiger partial charge in [-0.2, -0.15) is 0 Å². The predicted molar refractivity (Wildman–Crippen MR) is 53.4 cm³/mol. The molecule has 4 atom stereocenters.